The number of rotatable bonds is 6. The molecule has 0 spiro atoms. The predicted octanol–water partition coefficient (Wildman–Crippen LogP) is 5.90. The molecule has 192 valence electrons. The number of aromatic nitrogens is 3. The van der Waals surface area contributed by atoms with Crippen LogP contribution in [-0.2, 0) is 6.18 Å². The van der Waals surface area contributed by atoms with Gasteiger partial charge in [0.15, 0.2) is 0 Å². The largest absolute Gasteiger partial charge is 0.496 e. The number of alkyl halides is 3. The number of halogens is 3. The van der Waals surface area contributed by atoms with Gasteiger partial charge in [-0.1, -0.05) is 12.1 Å². The van der Waals surface area contributed by atoms with Crippen molar-refractivity contribution in [2.45, 2.75) is 26.1 Å². The Hall–Kier alpha value is -4.21. The first-order valence-electron chi connectivity index (χ1n) is 11.5. The van der Waals surface area contributed by atoms with E-state index in [9.17, 15) is 18.0 Å². The lowest BCUT2D eigenvalue weighted by atomic mass is 10.0. The van der Waals surface area contributed by atoms with E-state index in [-0.39, 0.29) is 5.91 Å². The smallest absolute Gasteiger partial charge is 0.416 e. The molecule has 7 nitrogen and oxygen atoms in total. The first-order chi connectivity index (χ1) is 17.5. The predicted molar refractivity (Wildman–Crippen MR) is 136 cm³/mol. The molecule has 1 atom stereocenters. The number of nitrogens with one attached hydrogen (secondary N) is 1. The fourth-order valence-electron chi connectivity index (χ4n) is 3.96. The molecule has 37 heavy (non-hydrogen) atoms. The average molecular weight is 510 g/mol. The van der Waals surface area contributed by atoms with E-state index < -0.39 is 17.8 Å². The van der Waals surface area contributed by atoms with Gasteiger partial charge in [-0.2, -0.15) is 13.2 Å². The van der Waals surface area contributed by atoms with Gasteiger partial charge in [0.2, 0.25) is 0 Å². The molecular formula is C27H26F3N5O2. The standard InChI is InChI=1S/C27H26F3N5O2/c1-15(17-7-6-8-19(11-17)27(28,29)30)32-25-21-12-20(24(37-5)13-23(21)33-16(2)34-25)22-10-9-18(14-31-22)26(36)35(3)4/h6-15H,1-5H3,(H,32,33,34)/t15-/m1/s1. The highest BCUT2D eigenvalue weighted by Crippen LogP contribution is 2.36. The molecule has 0 aliphatic rings. The molecule has 0 fully saturated rings. The molecule has 0 saturated carbocycles. The van der Waals surface area contributed by atoms with Crippen molar-refractivity contribution in [1.29, 1.82) is 0 Å². The van der Waals surface area contributed by atoms with Crippen LogP contribution in [0.1, 0.15) is 40.3 Å². The van der Waals surface area contributed by atoms with E-state index in [0.717, 1.165) is 12.1 Å². The number of fused-ring (bicyclic) bond motifs is 1. The lowest BCUT2D eigenvalue weighted by molar-refractivity contribution is -0.137. The Morgan fingerprint density at radius 3 is 2.46 bits per heavy atom. The maximum Gasteiger partial charge on any atom is 0.416 e. The summed E-state index contributed by atoms with van der Waals surface area (Å²) in [4.78, 5) is 27.2. The highest BCUT2D eigenvalue weighted by Gasteiger charge is 2.30. The van der Waals surface area contributed by atoms with Crippen LogP contribution in [0.2, 0.25) is 0 Å². The molecule has 2 aromatic heterocycles. The minimum absolute atomic E-state index is 0.163. The van der Waals surface area contributed by atoms with Gasteiger partial charge < -0.3 is 15.0 Å². The Balaban J connectivity index is 1.76. The summed E-state index contributed by atoms with van der Waals surface area (Å²) in [5.74, 6) is 1.33. The number of nitrogens with zero attached hydrogens (tertiary/aromatic N) is 4. The van der Waals surface area contributed by atoms with Crippen molar-refractivity contribution in [2.24, 2.45) is 0 Å². The van der Waals surface area contributed by atoms with Crippen LogP contribution in [0.3, 0.4) is 0 Å². The Morgan fingerprint density at radius 2 is 1.84 bits per heavy atom. The molecule has 0 aliphatic carbocycles. The van der Waals surface area contributed by atoms with E-state index in [1.807, 2.05) is 6.07 Å². The summed E-state index contributed by atoms with van der Waals surface area (Å²) in [5, 5.41) is 3.89. The van der Waals surface area contributed by atoms with E-state index in [1.54, 1.807) is 52.2 Å². The number of carbonyl (C=O) groups is 1. The molecule has 2 heterocycles. The second-order valence-corrected chi connectivity index (χ2v) is 8.81. The van der Waals surface area contributed by atoms with Crippen molar-refractivity contribution < 1.29 is 22.7 Å². The number of carbonyl (C=O) groups excluding carboxylic acids is 1. The van der Waals surface area contributed by atoms with Gasteiger partial charge >= 0.3 is 6.18 Å². The third-order valence-corrected chi connectivity index (χ3v) is 5.89. The normalized spacial score (nSPS) is 12.3. The van der Waals surface area contributed by atoms with Crippen LogP contribution in [0.5, 0.6) is 5.75 Å². The van der Waals surface area contributed by atoms with E-state index in [2.05, 4.69) is 20.3 Å². The Morgan fingerprint density at radius 1 is 1.08 bits per heavy atom. The maximum atomic E-state index is 13.2. The number of amides is 1. The number of hydrogen-bond donors (Lipinski definition) is 1. The minimum Gasteiger partial charge on any atom is -0.496 e. The zero-order chi connectivity index (χ0) is 26.9. The van der Waals surface area contributed by atoms with Gasteiger partial charge in [0, 0.05) is 43.4 Å². The molecule has 4 rings (SSSR count). The van der Waals surface area contributed by atoms with Crippen LogP contribution < -0.4 is 10.1 Å². The van der Waals surface area contributed by atoms with Gasteiger partial charge in [-0.15, -0.1) is 0 Å². The van der Waals surface area contributed by atoms with Crippen molar-refractivity contribution >= 4 is 22.6 Å². The molecule has 2 aromatic carbocycles. The van der Waals surface area contributed by atoms with Crippen LogP contribution in [-0.4, -0.2) is 47.0 Å². The number of anilines is 1. The summed E-state index contributed by atoms with van der Waals surface area (Å²) in [5.41, 5.74) is 2.04. The molecule has 1 N–H and O–H groups in total. The zero-order valence-electron chi connectivity index (χ0n) is 21.0. The first kappa shape index (κ1) is 25.9. The van der Waals surface area contributed by atoms with Gasteiger partial charge in [0.25, 0.3) is 5.91 Å². The Bertz CT molecular complexity index is 1450. The number of ether oxygens (including phenoxy) is 1. The van der Waals surface area contributed by atoms with Gasteiger partial charge in [0.05, 0.1) is 29.4 Å². The summed E-state index contributed by atoms with van der Waals surface area (Å²) in [7, 11) is 4.87. The van der Waals surface area contributed by atoms with Crippen LogP contribution in [0.25, 0.3) is 22.2 Å². The highest BCUT2D eigenvalue weighted by atomic mass is 19.4. The molecule has 0 unspecified atom stereocenters. The first-order valence-corrected chi connectivity index (χ1v) is 11.5. The number of methoxy groups -OCH3 is 1. The number of aryl methyl sites for hydroxylation is 1. The zero-order valence-corrected chi connectivity index (χ0v) is 21.0. The summed E-state index contributed by atoms with van der Waals surface area (Å²) in [6.07, 6.45) is -2.93. The summed E-state index contributed by atoms with van der Waals surface area (Å²) in [6, 6.07) is 11.7. The van der Waals surface area contributed by atoms with E-state index in [0.29, 0.717) is 50.7 Å². The van der Waals surface area contributed by atoms with Crippen molar-refractivity contribution in [1.82, 2.24) is 19.9 Å². The van der Waals surface area contributed by atoms with Crippen molar-refractivity contribution in [3.8, 4) is 17.0 Å². The lowest BCUT2D eigenvalue weighted by Crippen LogP contribution is -2.21. The summed E-state index contributed by atoms with van der Waals surface area (Å²) in [6.45, 7) is 3.51. The minimum atomic E-state index is -4.43. The molecule has 10 heteroatoms. The molecule has 0 bridgehead atoms. The van der Waals surface area contributed by atoms with Gasteiger partial charge in [-0.05, 0) is 49.7 Å². The number of pyridine rings is 1. The maximum absolute atomic E-state index is 13.2. The topological polar surface area (TPSA) is 80.2 Å². The summed E-state index contributed by atoms with van der Waals surface area (Å²) >= 11 is 0. The Kier molecular flexibility index (Phi) is 7.02. The van der Waals surface area contributed by atoms with Crippen molar-refractivity contribution in [3.63, 3.8) is 0 Å². The fourth-order valence-corrected chi connectivity index (χ4v) is 3.96. The van der Waals surface area contributed by atoms with Crippen LogP contribution in [0, 0.1) is 6.92 Å². The van der Waals surface area contributed by atoms with E-state index in [1.165, 1.54) is 24.3 Å². The highest BCUT2D eigenvalue weighted by molar-refractivity contribution is 5.96. The lowest BCUT2D eigenvalue weighted by Gasteiger charge is -2.19. The molecule has 0 radical (unpaired) electrons. The van der Waals surface area contributed by atoms with Gasteiger partial charge in [-0.25, -0.2) is 9.97 Å². The molecule has 1 amide bonds. The van der Waals surface area contributed by atoms with E-state index >= 15 is 0 Å². The molecule has 0 saturated heterocycles. The molecule has 0 aliphatic heterocycles. The van der Waals surface area contributed by atoms with E-state index in [4.69, 9.17) is 4.74 Å². The fraction of sp³-hybridized carbons (Fsp3) is 0.259. The molecular weight excluding hydrogens is 483 g/mol. The Labute approximate surface area is 212 Å². The van der Waals surface area contributed by atoms with Crippen LogP contribution in [0.4, 0.5) is 19.0 Å². The number of hydrogen-bond acceptors (Lipinski definition) is 6. The van der Waals surface area contributed by atoms with Crippen molar-refractivity contribution in [3.05, 3.63) is 77.2 Å². The second-order valence-electron chi connectivity index (χ2n) is 8.81. The van der Waals surface area contributed by atoms with Crippen molar-refractivity contribution in [2.75, 3.05) is 26.5 Å². The summed E-state index contributed by atoms with van der Waals surface area (Å²) < 4.78 is 45.3. The van der Waals surface area contributed by atoms with Crippen LogP contribution in [0.15, 0.2) is 54.7 Å². The quantitative estimate of drug-likeness (QED) is 0.349. The average Bonchev–Trinajstić information content (AvgIpc) is 2.87. The van der Waals surface area contributed by atoms with Crippen LogP contribution >= 0.6 is 0 Å². The third kappa shape index (κ3) is 5.47. The molecule has 4 aromatic rings. The SMILES string of the molecule is COc1cc2nc(C)nc(N[C@H](C)c3cccc(C(F)(F)F)c3)c2cc1-c1ccc(C(=O)N(C)C)cn1. The second kappa shape index (κ2) is 10.0. The van der Waals surface area contributed by atoms with Gasteiger partial charge in [-0.3, -0.25) is 9.78 Å². The monoisotopic (exact) mass is 509 g/mol. The van der Waals surface area contributed by atoms with Gasteiger partial charge in [0.1, 0.15) is 17.4 Å². The third-order valence-electron chi connectivity index (χ3n) is 5.89. The number of benzene rings is 2.